The third-order valence-corrected chi connectivity index (χ3v) is 5.17. The van der Waals surface area contributed by atoms with Crippen LogP contribution in [0.15, 0.2) is 36.7 Å². The van der Waals surface area contributed by atoms with Gasteiger partial charge in [0.05, 0.1) is 18.4 Å². The first-order valence-electron chi connectivity index (χ1n) is 9.07. The molecule has 2 unspecified atom stereocenters. The molecule has 1 amide bonds. The molecule has 4 rings (SSSR count). The van der Waals surface area contributed by atoms with Gasteiger partial charge in [-0.1, -0.05) is 0 Å². The summed E-state index contributed by atoms with van der Waals surface area (Å²) in [5, 5.41) is 8.48. The summed E-state index contributed by atoms with van der Waals surface area (Å²) in [5.41, 5.74) is 1.60. The van der Waals surface area contributed by atoms with Crippen molar-refractivity contribution in [2.45, 2.75) is 19.4 Å². The van der Waals surface area contributed by atoms with Crippen molar-refractivity contribution in [3.63, 3.8) is 0 Å². The molecule has 0 radical (unpaired) electrons. The molecule has 2 aromatic heterocycles. The number of piperidine rings is 1. The van der Waals surface area contributed by atoms with E-state index in [9.17, 15) is 4.79 Å². The van der Waals surface area contributed by atoms with Crippen molar-refractivity contribution >= 4 is 11.7 Å². The lowest BCUT2D eigenvalue weighted by molar-refractivity contribution is -0.0169. The number of rotatable bonds is 2. The van der Waals surface area contributed by atoms with Crippen molar-refractivity contribution < 1.29 is 9.53 Å². The maximum Gasteiger partial charge on any atom is 0.254 e. The number of likely N-dealkylation sites (tertiary alicyclic amines) is 1. The lowest BCUT2D eigenvalue weighted by atomic mass is 9.93. The van der Waals surface area contributed by atoms with Gasteiger partial charge in [0.25, 0.3) is 5.91 Å². The largest absolute Gasteiger partial charge is 0.374 e. The van der Waals surface area contributed by atoms with Gasteiger partial charge in [0.2, 0.25) is 0 Å². The minimum absolute atomic E-state index is 0.0555. The second-order valence-electron chi connectivity index (χ2n) is 6.92. The number of carbonyl (C=O) groups is 1. The van der Waals surface area contributed by atoms with Crippen LogP contribution in [-0.4, -0.2) is 64.9 Å². The van der Waals surface area contributed by atoms with Crippen LogP contribution in [0.4, 0.5) is 5.82 Å². The Morgan fingerprint density at radius 3 is 2.73 bits per heavy atom. The van der Waals surface area contributed by atoms with Gasteiger partial charge in [-0.25, -0.2) is 0 Å². The Hall–Kier alpha value is -2.54. The van der Waals surface area contributed by atoms with Crippen molar-refractivity contribution in [2.24, 2.45) is 5.92 Å². The van der Waals surface area contributed by atoms with Gasteiger partial charge in [-0.3, -0.25) is 9.78 Å². The van der Waals surface area contributed by atoms with E-state index in [0.717, 1.165) is 37.6 Å². The molecule has 136 valence electrons. The number of carbonyl (C=O) groups excluding carboxylic acids is 1. The number of hydrogen-bond acceptors (Lipinski definition) is 6. The van der Waals surface area contributed by atoms with Crippen LogP contribution in [-0.2, 0) is 4.74 Å². The fourth-order valence-electron chi connectivity index (χ4n) is 3.68. The van der Waals surface area contributed by atoms with E-state index in [2.05, 4.69) is 20.1 Å². The molecule has 0 saturated carbocycles. The summed E-state index contributed by atoms with van der Waals surface area (Å²) >= 11 is 0. The summed E-state index contributed by atoms with van der Waals surface area (Å²) < 4.78 is 6.10. The third kappa shape index (κ3) is 3.53. The predicted octanol–water partition coefficient (Wildman–Crippen LogP) is 1.55. The van der Waals surface area contributed by atoms with E-state index in [1.54, 1.807) is 24.5 Å². The van der Waals surface area contributed by atoms with Gasteiger partial charge in [-0.15, -0.1) is 5.10 Å². The minimum atomic E-state index is 0.0555. The number of fused-ring (bicyclic) bond motifs is 1. The van der Waals surface area contributed by atoms with Crippen molar-refractivity contribution in [1.29, 1.82) is 0 Å². The van der Waals surface area contributed by atoms with Crippen LogP contribution in [0.2, 0.25) is 0 Å². The van der Waals surface area contributed by atoms with Gasteiger partial charge in [-0.2, -0.15) is 5.10 Å². The number of hydrogen-bond donors (Lipinski definition) is 0. The van der Waals surface area contributed by atoms with Gasteiger partial charge in [0, 0.05) is 50.1 Å². The first kappa shape index (κ1) is 16.9. The zero-order valence-electron chi connectivity index (χ0n) is 14.9. The molecule has 0 spiro atoms. The molecule has 2 aliphatic heterocycles. The number of pyridine rings is 1. The summed E-state index contributed by atoms with van der Waals surface area (Å²) in [6, 6.07) is 7.53. The molecule has 4 heterocycles. The summed E-state index contributed by atoms with van der Waals surface area (Å²) in [5.74, 6) is 1.34. The van der Waals surface area contributed by atoms with Gasteiger partial charge in [0.15, 0.2) is 5.82 Å². The van der Waals surface area contributed by atoms with E-state index >= 15 is 0 Å². The fraction of sp³-hybridized carbons (Fsp3) is 0.474. The van der Waals surface area contributed by atoms with Gasteiger partial charge >= 0.3 is 0 Å². The number of ether oxygens (including phenoxy) is 1. The van der Waals surface area contributed by atoms with Crippen molar-refractivity contribution in [3.8, 4) is 0 Å². The van der Waals surface area contributed by atoms with E-state index in [-0.39, 0.29) is 12.0 Å². The molecule has 2 atom stereocenters. The first-order chi connectivity index (χ1) is 12.7. The summed E-state index contributed by atoms with van der Waals surface area (Å²) in [7, 11) is 0. The molecule has 7 nitrogen and oxygen atoms in total. The molecule has 0 N–H and O–H groups in total. The van der Waals surface area contributed by atoms with E-state index in [4.69, 9.17) is 4.74 Å². The Morgan fingerprint density at radius 1 is 1.12 bits per heavy atom. The van der Waals surface area contributed by atoms with Crippen LogP contribution in [0.1, 0.15) is 22.5 Å². The van der Waals surface area contributed by atoms with Crippen molar-refractivity contribution in [3.05, 3.63) is 47.9 Å². The summed E-state index contributed by atoms with van der Waals surface area (Å²) in [6.07, 6.45) is 4.31. The molecule has 7 heteroatoms. The monoisotopic (exact) mass is 353 g/mol. The van der Waals surface area contributed by atoms with E-state index < -0.39 is 0 Å². The van der Waals surface area contributed by atoms with Gasteiger partial charge in [-0.05, 0) is 37.6 Å². The highest BCUT2D eigenvalue weighted by molar-refractivity contribution is 5.94. The first-order valence-corrected chi connectivity index (χ1v) is 9.07. The lowest BCUT2D eigenvalue weighted by Crippen LogP contribution is -2.49. The van der Waals surface area contributed by atoms with Crippen LogP contribution < -0.4 is 4.90 Å². The number of anilines is 1. The number of nitrogens with zero attached hydrogens (tertiary/aromatic N) is 5. The zero-order valence-corrected chi connectivity index (χ0v) is 14.9. The Morgan fingerprint density at radius 2 is 1.96 bits per heavy atom. The number of amides is 1. The molecule has 0 bridgehead atoms. The highest BCUT2D eigenvalue weighted by atomic mass is 16.5. The second-order valence-corrected chi connectivity index (χ2v) is 6.92. The molecular formula is C19H23N5O2. The molecule has 2 saturated heterocycles. The van der Waals surface area contributed by atoms with Crippen molar-refractivity contribution in [2.75, 3.05) is 37.7 Å². The molecule has 26 heavy (non-hydrogen) atoms. The average molecular weight is 353 g/mol. The predicted molar refractivity (Wildman–Crippen MR) is 97.0 cm³/mol. The van der Waals surface area contributed by atoms with Crippen LogP contribution in [0, 0.1) is 12.8 Å². The van der Waals surface area contributed by atoms with Crippen LogP contribution >= 0.6 is 0 Å². The SMILES string of the molecule is Cc1ccc(N2CCOC3CN(C(=O)c4ccncc4)CCC3C2)nn1. The average Bonchev–Trinajstić information content (AvgIpc) is 2.90. The molecule has 2 aliphatic rings. The van der Waals surface area contributed by atoms with Crippen LogP contribution in [0.5, 0.6) is 0 Å². The van der Waals surface area contributed by atoms with Crippen LogP contribution in [0.3, 0.4) is 0 Å². The highest BCUT2D eigenvalue weighted by Crippen LogP contribution is 2.26. The summed E-state index contributed by atoms with van der Waals surface area (Å²) in [4.78, 5) is 20.8. The minimum Gasteiger partial charge on any atom is -0.374 e. The Bertz CT molecular complexity index is 752. The maximum atomic E-state index is 12.7. The van der Waals surface area contributed by atoms with Crippen LogP contribution in [0.25, 0.3) is 0 Å². The molecule has 2 aromatic rings. The second kappa shape index (κ2) is 7.37. The fourth-order valence-corrected chi connectivity index (χ4v) is 3.68. The van der Waals surface area contributed by atoms with Gasteiger partial charge < -0.3 is 14.5 Å². The summed E-state index contributed by atoms with van der Waals surface area (Å²) in [6.45, 7) is 5.64. The standard InChI is InChI=1S/C19H23N5O2/c1-14-2-3-18(22-21-14)23-10-11-26-17-13-24(9-6-16(17)12-23)19(25)15-4-7-20-8-5-15/h2-5,7-8,16-17H,6,9-13H2,1H3. The Kier molecular flexibility index (Phi) is 4.79. The quantitative estimate of drug-likeness (QED) is 0.816. The molecular weight excluding hydrogens is 330 g/mol. The highest BCUT2D eigenvalue weighted by Gasteiger charge is 2.35. The normalized spacial score (nSPS) is 23.3. The number of aromatic nitrogens is 3. The zero-order chi connectivity index (χ0) is 17.9. The molecule has 0 aliphatic carbocycles. The van der Waals surface area contributed by atoms with Gasteiger partial charge in [0.1, 0.15) is 0 Å². The third-order valence-electron chi connectivity index (χ3n) is 5.17. The lowest BCUT2D eigenvalue weighted by Gasteiger charge is -2.38. The molecule has 0 aromatic carbocycles. The number of aryl methyl sites for hydroxylation is 1. The topological polar surface area (TPSA) is 71.5 Å². The van der Waals surface area contributed by atoms with E-state index in [0.29, 0.717) is 24.6 Å². The molecule has 2 fully saturated rings. The van der Waals surface area contributed by atoms with E-state index in [1.165, 1.54) is 0 Å². The van der Waals surface area contributed by atoms with E-state index in [1.807, 2.05) is 24.0 Å². The maximum absolute atomic E-state index is 12.7. The smallest absolute Gasteiger partial charge is 0.254 e. The van der Waals surface area contributed by atoms with Crippen molar-refractivity contribution in [1.82, 2.24) is 20.1 Å². The Balaban J connectivity index is 1.43. The Labute approximate surface area is 153 Å².